The number of carbonyl (C=O) groups excluding carboxylic acids is 1. The molecule has 1 fully saturated rings. The number of piperidine rings is 1. The van der Waals surface area contributed by atoms with Crippen LogP contribution in [0.15, 0.2) is 29.2 Å². The maximum atomic E-state index is 13.2. The molecule has 0 aromatic heterocycles. The molecule has 0 amide bonds. The van der Waals surface area contributed by atoms with Crippen LogP contribution in [0.2, 0.25) is 0 Å². The number of rotatable bonds is 5. The lowest BCUT2D eigenvalue weighted by molar-refractivity contribution is -0.147. The molecule has 0 atom stereocenters. The van der Waals surface area contributed by atoms with E-state index in [1.54, 1.807) is 6.92 Å². The van der Waals surface area contributed by atoms with Crippen LogP contribution in [0.4, 0.5) is 4.39 Å². The van der Waals surface area contributed by atoms with E-state index in [0.717, 1.165) is 12.1 Å². The summed E-state index contributed by atoms with van der Waals surface area (Å²) in [6.07, 6.45) is 0.341. The molecule has 1 saturated heterocycles. The van der Waals surface area contributed by atoms with Crippen molar-refractivity contribution in [3.8, 4) is 0 Å². The van der Waals surface area contributed by atoms with Crippen molar-refractivity contribution in [1.29, 1.82) is 0 Å². The van der Waals surface area contributed by atoms with E-state index in [1.165, 1.54) is 12.1 Å². The summed E-state index contributed by atoms with van der Waals surface area (Å²) < 4.78 is 43.0. The largest absolute Gasteiger partial charge is 0.465 e. The zero-order valence-electron chi connectivity index (χ0n) is 14.3. The Morgan fingerprint density at radius 3 is 2.25 bits per heavy atom. The highest BCUT2D eigenvalue weighted by Crippen LogP contribution is 2.37. The van der Waals surface area contributed by atoms with Crippen LogP contribution in [0.3, 0.4) is 0 Å². The molecule has 0 radical (unpaired) electrons. The molecule has 2 rings (SSSR count). The van der Waals surface area contributed by atoms with Gasteiger partial charge in [-0.25, -0.2) is 12.8 Å². The van der Waals surface area contributed by atoms with Gasteiger partial charge in [-0.15, -0.1) is 0 Å². The number of nitrogens with zero attached hydrogens (tertiary/aromatic N) is 1. The summed E-state index contributed by atoms with van der Waals surface area (Å²) in [4.78, 5) is 14.7. The quantitative estimate of drug-likeness (QED) is 0.598. The van der Waals surface area contributed by atoms with Gasteiger partial charge in [-0.05, 0) is 57.9 Å². The second-order valence-corrected chi connectivity index (χ2v) is 8.56. The predicted octanol–water partition coefficient (Wildman–Crippen LogP) is 2.41. The van der Waals surface area contributed by atoms with E-state index in [9.17, 15) is 17.6 Å². The Bertz CT molecular complexity index is 677. The van der Waals surface area contributed by atoms with Gasteiger partial charge in [-0.2, -0.15) is 0 Å². The number of hydrogen-bond donors (Lipinski definition) is 0. The van der Waals surface area contributed by atoms with Crippen LogP contribution in [0, 0.1) is 5.82 Å². The number of hydrogen-bond acceptors (Lipinski definition) is 5. The molecule has 1 aromatic carbocycles. The maximum Gasteiger partial charge on any atom is 0.327 e. The number of benzene rings is 1. The summed E-state index contributed by atoms with van der Waals surface area (Å²) in [5.41, 5.74) is 0. The van der Waals surface area contributed by atoms with Gasteiger partial charge in [-0.3, -0.25) is 4.79 Å². The lowest BCUT2D eigenvalue weighted by Crippen LogP contribution is -2.56. The van der Waals surface area contributed by atoms with Crippen molar-refractivity contribution in [2.24, 2.45) is 0 Å². The standard InChI is InChI=1S/C17H24FNO4S/c1-4-23-16(20)17(9-11-19(12-10-17)13(2)3)24(21,22)15-7-5-14(18)6-8-15/h5-8,13H,4,9-12H2,1-3H3. The van der Waals surface area contributed by atoms with E-state index in [2.05, 4.69) is 4.90 Å². The number of esters is 1. The lowest BCUT2D eigenvalue weighted by Gasteiger charge is -2.40. The molecule has 0 bridgehead atoms. The Hall–Kier alpha value is -1.47. The predicted molar refractivity (Wildman–Crippen MR) is 88.9 cm³/mol. The van der Waals surface area contributed by atoms with Crippen molar-refractivity contribution in [3.05, 3.63) is 30.1 Å². The molecule has 1 aliphatic rings. The van der Waals surface area contributed by atoms with Gasteiger partial charge < -0.3 is 9.64 Å². The summed E-state index contributed by atoms with van der Waals surface area (Å²) in [5.74, 6) is -1.23. The minimum atomic E-state index is -3.98. The summed E-state index contributed by atoms with van der Waals surface area (Å²) in [6.45, 7) is 6.83. The third kappa shape index (κ3) is 3.32. The van der Waals surface area contributed by atoms with Crippen molar-refractivity contribution < 1.29 is 22.3 Å². The maximum absolute atomic E-state index is 13.2. The van der Waals surface area contributed by atoms with E-state index < -0.39 is 26.4 Å². The minimum Gasteiger partial charge on any atom is -0.465 e. The van der Waals surface area contributed by atoms with E-state index in [4.69, 9.17) is 4.74 Å². The average molecular weight is 357 g/mol. The molecular formula is C17H24FNO4S. The normalized spacial score (nSPS) is 18.5. The lowest BCUT2D eigenvalue weighted by atomic mass is 9.95. The van der Waals surface area contributed by atoms with Crippen LogP contribution in [0.1, 0.15) is 33.6 Å². The summed E-state index contributed by atoms with van der Waals surface area (Å²) >= 11 is 0. The first-order valence-corrected chi connectivity index (χ1v) is 9.64. The van der Waals surface area contributed by atoms with E-state index >= 15 is 0 Å². The van der Waals surface area contributed by atoms with E-state index in [1.807, 2.05) is 13.8 Å². The third-order valence-electron chi connectivity index (χ3n) is 4.62. The molecule has 0 aliphatic carbocycles. The first kappa shape index (κ1) is 18.9. The second kappa shape index (κ2) is 7.19. The van der Waals surface area contributed by atoms with Crippen LogP contribution in [0.5, 0.6) is 0 Å². The fourth-order valence-corrected chi connectivity index (χ4v) is 5.03. The SMILES string of the molecule is CCOC(=O)C1(S(=O)(=O)c2ccc(F)cc2)CCN(C(C)C)CC1. The zero-order valence-corrected chi connectivity index (χ0v) is 15.1. The third-order valence-corrected chi connectivity index (χ3v) is 7.12. The number of likely N-dealkylation sites (tertiary alicyclic amines) is 1. The van der Waals surface area contributed by atoms with Crippen LogP contribution in [-0.4, -0.2) is 49.8 Å². The molecule has 0 spiro atoms. The molecule has 0 unspecified atom stereocenters. The van der Waals surface area contributed by atoms with Gasteiger partial charge in [0.25, 0.3) is 0 Å². The molecular weight excluding hydrogens is 333 g/mol. The fraction of sp³-hybridized carbons (Fsp3) is 0.588. The van der Waals surface area contributed by atoms with Gasteiger partial charge in [0.1, 0.15) is 5.82 Å². The Morgan fingerprint density at radius 2 is 1.79 bits per heavy atom. The molecule has 1 aromatic rings. The number of halogens is 1. The van der Waals surface area contributed by atoms with Crippen molar-refractivity contribution in [2.75, 3.05) is 19.7 Å². The second-order valence-electron chi connectivity index (χ2n) is 6.30. The highest BCUT2D eigenvalue weighted by Gasteiger charge is 2.54. The topological polar surface area (TPSA) is 63.7 Å². The Kier molecular flexibility index (Phi) is 5.65. The fourth-order valence-electron chi connectivity index (χ4n) is 3.09. The molecule has 7 heteroatoms. The van der Waals surface area contributed by atoms with E-state index in [-0.39, 0.29) is 30.4 Å². The van der Waals surface area contributed by atoms with Crippen LogP contribution >= 0.6 is 0 Å². The highest BCUT2D eigenvalue weighted by molar-refractivity contribution is 7.93. The molecule has 1 aliphatic heterocycles. The van der Waals surface area contributed by atoms with Crippen molar-refractivity contribution >= 4 is 15.8 Å². The van der Waals surface area contributed by atoms with Crippen molar-refractivity contribution in [2.45, 2.75) is 49.3 Å². The summed E-state index contributed by atoms with van der Waals surface area (Å²) in [7, 11) is -3.98. The van der Waals surface area contributed by atoms with Crippen molar-refractivity contribution in [1.82, 2.24) is 4.90 Å². The summed E-state index contributed by atoms with van der Waals surface area (Å²) in [6, 6.07) is 4.88. The van der Waals surface area contributed by atoms with Gasteiger partial charge in [0.05, 0.1) is 11.5 Å². The van der Waals surface area contributed by atoms with Crippen molar-refractivity contribution in [3.63, 3.8) is 0 Å². The number of carbonyl (C=O) groups is 1. The first-order valence-electron chi connectivity index (χ1n) is 8.16. The van der Waals surface area contributed by atoms with Gasteiger partial charge in [0, 0.05) is 19.1 Å². The van der Waals surface area contributed by atoms with Crippen LogP contribution < -0.4 is 0 Å². The molecule has 24 heavy (non-hydrogen) atoms. The van der Waals surface area contributed by atoms with Gasteiger partial charge in [0.15, 0.2) is 14.6 Å². The number of sulfone groups is 1. The smallest absolute Gasteiger partial charge is 0.327 e. The monoisotopic (exact) mass is 357 g/mol. The first-order chi connectivity index (χ1) is 11.2. The highest BCUT2D eigenvalue weighted by atomic mass is 32.2. The average Bonchev–Trinajstić information content (AvgIpc) is 2.55. The molecule has 0 N–H and O–H groups in total. The molecule has 0 saturated carbocycles. The minimum absolute atomic E-state index is 0.0463. The number of ether oxygens (including phenoxy) is 1. The van der Waals surface area contributed by atoms with E-state index in [0.29, 0.717) is 13.1 Å². The Morgan fingerprint density at radius 1 is 1.25 bits per heavy atom. The van der Waals surface area contributed by atoms with Crippen LogP contribution in [-0.2, 0) is 19.4 Å². The Labute approximate surface area is 142 Å². The van der Waals surface area contributed by atoms with Crippen LogP contribution in [0.25, 0.3) is 0 Å². The summed E-state index contributed by atoms with van der Waals surface area (Å²) in [5, 5.41) is 0. The van der Waals surface area contributed by atoms with Gasteiger partial charge in [0.2, 0.25) is 0 Å². The Balaban J connectivity index is 2.43. The molecule has 134 valence electrons. The molecule has 5 nitrogen and oxygen atoms in total. The van der Waals surface area contributed by atoms with Gasteiger partial charge >= 0.3 is 5.97 Å². The molecule has 1 heterocycles. The zero-order chi connectivity index (χ0) is 18.0. The van der Waals surface area contributed by atoms with Gasteiger partial charge in [-0.1, -0.05) is 0 Å².